The molecular formula is C10H18N2O5. The minimum absolute atomic E-state index is 0.256. The van der Waals surface area contributed by atoms with Gasteiger partial charge in [0, 0.05) is 0 Å². The number of carbonyl (C=O) groups excluding carboxylic acids is 1. The van der Waals surface area contributed by atoms with Crippen molar-refractivity contribution >= 4 is 17.8 Å². The third-order valence-corrected chi connectivity index (χ3v) is 2.51. The number of hydrogen-bond acceptors (Lipinski definition) is 4. The first kappa shape index (κ1) is 15.4. The van der Waals surface area contributed by atoms with Crippen LogP contribution in [0.2, 0.25) is 0 Å². The maximum absolute atomic E-state index is 11.5. The predicted octanol–water partition coefficient (Wildman–Crippen LogP) is -0.596. The molecule has 0 aromatic heterocycles. The van der Waals surface area contributed by atoms with Crippen LogP contribution in [0, 0.1) is 5.92 Å². The molecule has 0 aromatic carbocycles. The number of hydrogen-bond donors (Lipinski definition) is 4. The van der Waals surface area contributed by atoms with Gasteiger partial charge < -0.3 is 21.3 Å². The Morgan fingerprint density at radius 2 is 1.82 bits per heavy atom. The quantitative estimate of drug-likeness (QED) is 0.474. The number of rotatable bonds is 7. The van der Waals surface area contributed by atoms with Crippen LogP contribution >= 0.6 is 0 Å². The first-order valence-corrected chi connectivity index (χ1v) is 5.30. The second kappa shape index (κ2) is 6.85. The third-order valence-electron chi connectivity index (χ3n) is 2.51. The van der Waals surface area contributed by atoms with Crippen molar-refractivity contribution in [3.05, 3.63) is 0 Å². The number of carboxylic acids is 2. The fraction of sp³-hybridized carbons (Fsp3) is 0.700. The van der Waals surface area contributed by atoms with Crippen LogP contribution in [0.5, 0.6) is 0 Å². The standard InChI is InChI=1S/C10H18N2O5/c1-3-5(2)8(10(16)17)12-9(15)6(11)4-7(13)14/h5-6,8H,3-4,11H2,1-2H3,(H,12,15)(H,13,14)(H,16,17)/t5-,6-,8-/m0/s1. The van der Waals surface area contributed by atoms with Gasteiger partial charge in [0.25, 0.3) is 0 Å². The summed E-state index contributed by atoms with van der Waals surface area (Å²) in [5.74, 6) is -3.38. The van der Waals surface area contributed by atoms with Crippen LogP contribution in [-0.2, 0) is 14.4 Å². The molecule has 17 heavy (non-hydrogen) atoms. The van der Waals surface area contributed by atoms with Crippen LogP contribution in [0.25, 0.3) is 0 Å². The molecule has 1 amide bonds. The van der Waals surface area contributed by atoms with Crippen LogP contribution in [0.4, 0.5) is 0 Å². The largest absolute Gasteiger partial charge is 0.481 e. The van der Waals surface area contributed by atoms with Gasteiger partial charge >= 0.3 is 11.9 Å². The topological polar surface area (TPSA) is 130 Å². The first-order chi connectivity index (χ1) is 7.79. The smallest absolute Gasteiger partial charge is 0.326 e. The van der Waals surface area contributed by atoms with Crippen LogP contribution in [0.15, 0.2) is 0 Å². The molecule has 0 saturated carbocycles. The third kappa shape index (κ3) is 5.30. The van der Waals surface area contributed by atoms with Gasteiger partial charge in [-0.1, -0.05) is 20.3 Å². The van der Waals surface area contributed by atoms with Crippen molar-refractivity contribution in [3.8, 4) is 0 Å². The van der Waals surface area contributed by atoms with Gasteiger partial charge in [-0.3, -0.25) is 9.59 Å². The van der Waals surface area contributed by atoms with Crippen LogP contribution < -0.4 is 11.1 Å². The Hall–Kier alpha value is -1.63. The van der Waals surface area contributed by atoms with Crippen molar-refractivity contribution in [2.75, 3.05) is 0 Å². The van der Waals surface area contributed by atoms with E-state index >= 15 is 0 Å². The summed E-state index contributed by atoms with van der Waals surface area (Å²) in [5, 5.41) is 19.6. The Morgan fingerprint density at radius 1 is 1.29 bits per heavy atom. The lowest BCUT2D eigenvalue weighted by atomic mass is 9.99. The number of nitrogens with one attached hydrogen (secondary N) is 1. The SMILES string of the molecule is CC[C@H](C)[C@H](NC(=O)[C@@H](N)CC(=O)O)C(=O)O. The summed E-state index contributed by atoms with van der Waals surface area (Å²) in [4.78, 5) is 32.7. The second-order valence-electron chi connectivity index (χ2n) is 3.91. The van der Waals surface area contributed by atoms with E-state index < -0.39 is 36.4 Å². The summed E-state index contributed by atoms with van der Waals surface area (Å²) in [7, 11) is 0. The lowest BCUT2D eigenvalue weighted by Crippen LogP contribution is -2.51. The highest BCUT2D eigenvalue weighted by Crippen LogP contribution is 2.08. The molecule has 0 aliphatic carbocycles. The normalized spacial score (nSPS) is 15.7. The molecule has 0 saturated heterocycles. The average Bonchev–Trinajstić information content (AvgIpc) is 2.22. The minimum Gasteiger partial charge on any atom is -0.481 e. The molecule has 0 aromatic rings. The highest BCUT2D eigenvalue weighted by molar-refractivity contribution is 5.89. The van der Waals surface area contributed by atoms with E-state index in [1.165, 1.54) is 0 Å². The molecule has 0 bridgehead atoms. The monoisotopic (exact) mass is 246 g/mol. The van der Waals surface area contributed by atoms with Gasteiger partial charge in [-0.05, 0) is 5.92 Å². The minimum atomic E-state index is -1.24. The fourth-order valence-electron chi connectivity index (χ4n) is 1.22. The highest BCUT2D eigenvalue weighted by atomic mass is 16.4. The molecule has 98 valence electrons. The molecule has 0 fully saturated rings. The lowest BCUT2D eigenvalue weighted by molar-refractivity contribution is -0.144. The molecular weight excluding hydrogens is 228 g/mol. The van der Waals surface area contributed by atoms with Crippen molar-refractivity contribution in [3.63, 3.8) is 0 Å². The van der Waals surface area contributed by atoms with E-state index in [9.17, 15) is 14.4 Å². The van der Waals surface area contributed by atoms with E-state index in [1.807, 2.05) is 0 Å². The average molecular weight is 246 g/mol. The molecule has 7 heteroatoms. The van der Waals surface area contributed by atoms with Gasteiger partial charge in [-0.25, -0.2) is 4.79 Å². The fourth-order valence-corrected chi connectivity index (χ4v) is 1.22. The van der Waals surface area contributed by atoms with Crippen molar-refractivity contribution in [2.24, 2.45) is 11.7 Å². The Labute approximate surface area is 99.0 Å². The number of aliphatic carboxylic acids is 2. The number of carboxylic acid groups (broad SMARTS) is 2. The molecule has 0 spiro atoms. The van der Waals surface area contributed by atoms with E-state index in [0.717, 1.165) is 0 Å². The molecule has 5 N–H and O–H groups in total. The second-order valence-corrected chi connectivity index (χ2v) is 3.91. The van der Waals surface area contributed by atoms with Crippen molar-refractivity contribution in [1.29, 1.82) is 0 Å². The van der Waals surface area contributed by atoms with Crippen molar-refractivity contribution in [1.82, 2.24) is 5.32 Å². The molecule has 3 atom stereocenters. The molecule has 0 rings (SSSR count). The summed E-state index contributed by atoms with van der Waals surface area (Å²) < 4.78 is 0. The van der Waals surface area contributed by atoms with E-state index in [0.29, 0.717) is 6.42 Å². The van der Waals surface area contributed by atoms with Crippen LogP contribution in [-0.4, -0.2) is 40.1 Å². The lowest BCUT2D eigenvalue weighted by Gasteiger charge is -2.21. The zero-order chi connectivity index (χ0) is 13.6. The van der Waals surface area contributed by atoms with E-state index in [1.54, 1.807) is 13.8 Å². The van der Waals surface area contributed by atoms with Gasteiger partial charge in [0.2, 0.25) is 5.91 Å². The Kier molecular flexibility index (Phi) is 6.19. The summed E-state index contributed by atoms with van der Waals surface area (Å²) in [6.45, 7) is 3.48. The zero-order valence-corrected chi connectivity index (χ0v) is 9.84. The van der Waals surface area contributed by atoms with Gasteiger partial charge in [-0.2, -0.15) is 0 Å². The molecule has 0 radical (unpaired) electrons. The Morgan fingerprint density at radius 3 is 2.18 bits per heavy atom. The van der Waals surface area contributed by atoms with Gasteiger partial charge in [0.1, 0.15) is 6.04 Å². The van der Waals surface area contributed by atoms with Crippen LogP contribution in [0.1, 0.15) is 26.7 Å². The molecule has 0 unspecified atom stereocenters. The maximum Gasteiger partial charge on any atom is 0.326 e. The van der Waals surface area contributed by atoms with Crippen LogP contribution in [0.3, 0.4) is 0 Å². The molecule has 0 aliphatic rings. The van der Waals surface area contributed by atoms with Crippen molar-refractivity contribution in [2.45, 2.75) is 38.8 Å². The number of carbonyl (C=O) groups is 3. The van der Waals surface area contributed by atoms with Gasteiger partial charge in [-0.15, -0.1) is 0 Å². The maximum atomic E-state index is 11.5. The van der Waals surface area contributed by atoms with E-state index in [4.69, 9.17) is 15.9 Å². The van der Waals surface area contributed by atoms with Gasteiger partial charge in [0.15, 0.2) is 0 Å². The summed E-state index contributed by atoms with van der Waals surface area (Å²) in [6.07, 6.45) is 0.0457. The Bertz CT molecular complexity index is 305. The summed E-state index contributed by atoms with van der Waals surface area (Å²) >= 11 is 0. The summed E-state index contributed by atoms with van der Waals surface area (Å²) in [5.41, 5.74) is 5.32. The number of nitrogens with two attached hydrogens (primary N) is 1. The zero-order valence-electron chi connectivity index (χ0n) is 9.84. The van der Waals surface area contributed by atoms with E-state index in [-0.39, 0.29) is 5.92 Å². The molecule has 7 nitrogen and oxygen atoms in total. The van der Waals surface area contributed by atoms with E-state index in [2.05, 4.69) is 5.32 Å². The highest BCUT2D eigenvalue weighted by Gasteiger charge is 2.28. The van der Waals surface area contributed by atoms with Crippen molar-refractivity contribution < 1.29 is 24.6 Å². The molecule has 0 heterocycles. The molecule has 0 aliphatic heterocycles. The van der Waals surface area contributed by atoms with Gasteiger partial charge in [0.05, 0.1) is 12.5 Å². The predicted molar refractivity (Wildman–Crippen MR) is 59.2 cm³/mol. The summed E-state index contributed by atoms with van der Waals surface area (Å²) in [6, 6.07) is -2.29. The Balaban J connectivity index is 4.50. The number of amides is 1. The first-order valence-electron chi connectivity index (χ1n) is 5.30.